The van der Waals surface area contributed by atoms with Crippen molar-refractivity contribution < 1.29 is 13.2 Å². The lowest BCUT2D eigenvalue weighted by Gasteiger charge is -2.27. The summed E-state index contributed by atoms with van der Waals surface area (Å²) in [4.78, 5) is 3.85. The second kappa shape index (κ2) is 6.30. The normalized spacial score (nSPS) is 25.4. The Morgan fingerprint density at radius 1 is 1.25 bits per heavy atom. The van der Waals surface area contributed by atoms with Crippen molar-refractivity contribution in [2.45, 2.75) is 10.7 Å². The molecule has 0 spiro atoms. The largest absolute Gasteiger partial charge is 0.379 e. The standard InChI is InChI=1S/C12H16Cl2N6O3S/c13-8-5-7(12(16)17-11(15)18-19-12)6-9(14)10(8)24(21,22)20-1-3-23-4-2-20/h5-6,19H,1-4,16H2,(H3,15,17,18). The fourth-order valence-corrected chi connectivity index (χ4v) is 5.06. The van der Waals surface area contributed by atoms with Gasteiger partial charge in [-0.25, -0.2) is 13.4 Å². The first kappa shape index (κ1) is 17.7. The Labute approximate surface area is 148 Å². The van der Waals surface area contributed by atoms with Gasteiger partial charge in [0.25, 0.3) is 0 Å². The molecule has 0 saturated carbocycles. The summed E-state index contributed by atoms with van der Waals surface area (Å²) in [7, 11) is -3.84. The number of nitrogens with zero attached hydrogens (tertiary/aromatic N) is 2. The molecule has 12 heteroatoms. The van der Waals surface area contributed by atoms with Crippen LogP contribution < -0.4 is 22.3 Å². The zero-order valence-electron chi connectivity index (χ0n) is 12.4. The molecule has 0 radical (unpaired) electrons. The number of hydrogen-bond acceptors (Lipinski definition) is 8. The van der Waals surface area contributed by atoms with Crippen LogP contribution in [0.4, 0.5) is 0 Å². The zero-order valence-corrected chi connectivity index (χ0v) is 14.7. The molecule has 0 amide bonds. The number of benzene rings is 1. The molecule has 2 aliphatic heterocycles. The highest BCUT2D eigenvalue weighted by Gasteiger charge is 2.36. The van der Waals surface area contributed by atoms with E-state index in [4.69, 9.17) is 39.4 Å². The second-order valence-corrected chi connectivity index (χ2v) is 7.99. The highest BCUT2D eigenvalue weighted by molar-refractivity contribution is 7.89. The van der Waals surface area contributed by atoms with Crippen molar-refractivity contribution >= 4 is 39.2 Å². The van der Waals surface area contributed by atoms with Crippen LogP contribution >= 0.6 is 23.2 Å². The van der Waals surface area contributed by atoms with Gasteiger partial charge in [-0.2, -0.15) is 9.73 Å². The molecule has 1 atom stereocenters. The van der Waals surface area contributed by atoms with E-state index in [2.05, 4.69) is 15.8 Å². The Morgan fingerprint density at radius 3 is 2.33 bits per heavy atom. The zero-order chi connectivity index (χ0) is 17.5. The molecule has 2 heterocycles. The van der Waals surface area contributed by atoms with Gasteiger partial charge in [-0.05, 0) is 12.1 Å². The van der Waals surface area contributed by atoms with Crippen LogP contribution in [0, 0.1) is 0 Å². The monoisotopic (exact) mass is 394 g/mol. The fraction of sp³-hybridized carbons (Fsp3) is 0.417. The van der Waals surface area contributed by atoms with Crippen molar-refractivity contribution in [3.8, 4) is 0 Å². The van der Waals surface area contributed by atoms with Gasteiger partial charge in [0.1, 0.15) is 4.90 Å². The van der Waals surface area contributed by atoms with Gasteiger partial charge in [0, 0.05) is 18.7 Å². The van der Waals surface area contributed by atoms with Crippen LogP contribution in [-0.4, -0.2) is 45.0 Å². The smallest absolute Gasteiger partial charge is 0.246 e. The van der Waals surface area contributed by atoms with Crippen molar-refractivity contribution in [2.24, 2.45) is 16.5 Å². The number of nitrogens with one attached hydrogen (secondary N) is 2. The summed E-state index contributed by atoms with van der Waals surface area (Å²) in [6.07, 6.45) is 0. The number of sulfonamides is 1. The molecule has 1 fully saturated rings. The first-order valence-corrected chi connectivity index (χ1v) is 9.18. The maximum atomic E-state index is 12.8. The first-order chi connectivity index (χ1) is 11.2. The summed E-state index contributed by atoms with van der Waals surface area (Å²) < 4.78 is 32.0. The summed E-state index contributed by atoms with van der Waals surface area (Å²) in [5, 5.41) is -0.0902. The van der Waals surface area contributed by atoms with Gasteiger partial charge in [-0.3, -0.25) is 11.2 Å². The molecule has 0 aromatic heterocycles. The molecular weight excluding hydrogens is 379 g/mol. The molecule has 1 saturated heterocycles. The average molecular weight is 395 g/mol. The minimum Gasteiger partial charge on any atom is -0.379 e. The number of halogens is 2. The number of ether oxygens (including phenoxy) is 1. The Hall–Kier alpha value is -1.14. The quantitative estimate of drug-likeness (QED) is 0.542. The second-order valence-electron chi connectivity index (χ2n) is 5.30. The predicted octanol–water partition coefficient (Wildman–Crippen LogP) is -0.494. The summed E-state index contributed by atoms with van der Waals surface area (Å²) in [6.45, 7) is 1.12. The van der Waals surface area contributed by atoms with Crippen LogP contribution in [0.15, 0.2) is 22.0 Å². The SMILES string of the molecule is NC1=NC(N)(c2cc(Cl)c(S(=O)(=O)N3CCOCC3)c(Cl)c2)NN1. The van der Waals surface area contributed by atoms with Gasteiger partial charge >= 0.3 is 0 Å². The molecule has 1 aromatic rings. The predicted molar refractivity (Wildman–Crippen MR) is 89.8 cm³/mol. The van der Waals surface area contributed by atoms with E-state index in [0.717, 1.165) is 0 Å². The Bertz CT molecular complexity index is 773. The van der Waals surface area contributed by atoms with Crippen molar-refractivity contribution in [2.75, 3.05) is 26.3 Å². The van der Waals surface area contributed by atoms with Crippen LogP contribution in [0.25, 0.3) is 0 Å². The molecule has 24 heavy (non-hydrogen) atoms. The van der Waals surface area contributed by atoms with Gasteiger partial charge in [-0.1, -0.05) is 23.2 Å². The minimum atomic E-state index is -3.84. The molecule has 0 bridgehead atoms. The highest BCUT2D eigenvalue weighted by Crippen LogP contribution is 2.35. The van der Waals surface area contributed by atoms with Crippen LogP contribution in [0.1, 0.15) is 5.56 Å². The van der Waals surface area contributed by atoms with E-state index < -0.39 is 15.8 Å². The lowest BCUT2D eigenvalue weighted by atomic mass is 10.1. The Balaban J connectivity index is 2.02. The summed E-state index contributed by atoms with van der Waals surface area (Å²) in [5.74, 6) is -1.30. The molecule has 1 aromatic carbocycles. The van der Waals surface area contributed by atoms with E-state index in [9.17, 15) is 8.42 Å². The van der Waals surface area contributed by atoms with Crippen LogP contribution in [0.3, 0.4) is 0 Å². The van der Waals surface area contributed by atoms with Crippen LogP contribution in [0.5, 0.6) is 0 Å². The maximum absolute atomic E-state index is 12.8. The number of rotatable bonds is 3. The number of aliphatic imine (C=N–C) groups is 1. The van der Waals surface area contributed by atoms with Crippen molar-refractivity contribution in [3.63, 3.8) is 0 Å². The highest BCUT2D eigenvalue weighted by atomic mass is 35.5. The summed E-state index contributed by atoms with van der Waals surface area (Å²) >= 11 is 12.4. The van der Waals surface area contributed by atoms with E-state index >= 15 is 0 Å². The Kier molecular flexibility index (Phi) is 4.64. The lowest BCUT2D eigenvalue weighted by molar-refractivity contribution is 0.0730. The molecule has 6 N–H and O–H groups in total. The number of hydrogen-bond donors (Lipinski definition) is 4. The van der Waals surface area contributed by atoms with Gasteiger partial charge in [0.05, 0.1) is 23.3 Å². The first-order valence-electron chi connectivity index (χ1n) is 6.99. The molecular formula is C12H16Cl2N6O3S. The van der Waals surface area contributed by atoms with Crippen molar-refractivity contribution in [1.82, 2.24) is 15.2 Å². The molecule has 3 rings (SSSR count). The molecule has 1 unspecified atom stereocenters. The minimum absolute atomic E-state index is 0.0451. The van der Waals surface area contributed by atoms with Gasteiger partial charge in [-0.15, -0.1) is 0 Å². The van der Waals surface area contributed by atoms with E-state index in [1.54, 1.807) is 0 Å². The van der Waals surface area contributed by atoms with Crippen molar-refractivity contribution in [3.05, 3.63) is 27.7 Å². The van der Waals surface area contributed by atoms with E-state index in [1.807, 2.05) is 0 Å². The summed E-state index contributed by atoms with van der Waals surface area (Å²) in [5.41, 5.74) is 17.2. The Morgan fingerprint density at radius 2 is 1.83 bits per heavy atom. The molecule has 2 aliphatic rings. The topological polar surface area (TPSA) is 135 Å². The van der Waals surface area contributed by atoms with E-state index in [-0.39, 0.29) is 34.0 Å². The van der Waals surface area contributed by atoms with E-state index in [0.29, 0.717) is 18.8 Å². The lowest BCUT2D eigenvalue weighted by Crippen LogP contribution is -2.50. The van der Waals surface area contributed by atoms with Gasteiger partial charge in [0.15, 0.2) is 0 Å². The average Bonchev–Trinajstić information content (AvgIpc) is 2.88. The third-order valence-corrected chi connectivity index (χ3v) is 6.51. The van der Waals surface area contributed by atoms with Crippen LogP contribution in [0.2, 0.25) is 10.0 Å². The fourth-order valence-electron chi connectivity index (χ4n) is 2.48. The number of nitrogens with two attached hydrogens (primary N) is 2. The number of hydrazine groups is 1. The van der Waals surface area contributed by atoms with Gasteiger partial charge < -0.3 is 10.5 Å². The van der Waals surface area contributed by atoms with Crippen LogP contribution in [-0.2, 0) is 20.5 Å². The number of morpholine rings is 1. The number of guanidine groups is 1. The maximum Gasteiger partial charge on any atom is 0.246 e. The third kappa shape index (κ3) is 3.06. The molecule has 132 valence electrons. The van der Waals surface area contributed by atoms with Crippen molar-refractivity contribution in [1.29, 1.82) is 0 Å². The summed E-state index contributed by atoms with van der Waals surface area (Å²) in [6, 6.07) is 2.80. The molecule has 9 nitrogen and oxygen atoms in total. The van der Waals surface area contributed by atoms with Gasteiger partial charge in [0.2, 0.25) is 21.8 Å². The van der Waals surface area contributed by atoms with E-state index in [1.165, 1.54) is 16.4 Å². The third-order valence-electron chi connectivity index (χ3n) is 3.68. The molecule has 0 aliphatic carbocycles.